The summed E-state index contributed by atoms with van der Waals surface area (Å²) in [6, 6.07) is -0.419. The second kappa shape index (κ2) is 8.11. The lowest BCUT2D eigenvalue weighted by Gasteiger charge is -2.24. The highest BCUT2D eigenvalue weighted by atomic mass is 16.6. The Hall–Kier alpha value is -1.07. The first kappa shape index (κ1) is 16.9. The lowest BCUT2D eigenvalue weighted by atomic mass is 9.98. The second-order valence-electron chi connectivity index (χ2n) is 5.33. The van der Waals surface area contributed by atoms with Crippen molar-refractivity contribution in [1.82, 2.24) is 5.32 Å². The predicted molar refractivity (Wildman–Crippen MR) is 70.3 cm³/mol. The number of hydrogen-bond acceptors (Lipinski definition) is 4. The van der Waals surface area contributed by atoms with Gasteiger partial charge in [0.2, 0.25) is 0 Å². The number of aliphatic hydroxyl groups excluding tert-OH is 2. The third-order valence-corrected chi connectivity index (χ3v) is 2.32. The number of ether oxygens (including phenoxy) is 1. The second-order valence-corrected chi connectivity index (χ2v) is 5.33. The minimum Gasteiger partial charge on any atom is -0.444 e. The average molecular weight is 259 g/mol. The van der Waals surface area contributed by atoms with Crippen molar-refractivity contribution in [1.29, 1.82) is 0 Å². The number of hydrogen-bond donors (Lipinski definition) is 3. The normalized spacial score (nSPS) is 14.7. The fourth-order valence-corrected chi connectivity index (χ4v) is 1.54. The molecule has 18 heavy (non-hydrogen) atoms. The first-order chi connectivity index (χ1) is 8.32. The molecule has 0 bridgehead atoms. The fraction of sp³-hybridized carbons (Fsp3) is 0.769. The number of nitrogens with one attached hydrogen (secondary N) is 1. The van der Waals surface area contributed by atoms with Gasteiger partial charge in [-0.15, -0.1) is 6.58 Å². The molecule has 0 aliphatic carbocycles. The molecule has 0 aliphatic rings. The van der Waals surface area contributed by atoms with Gasteiger partial charge in [0.1, 0.15) is 5.60 Å². The van der Waals surface area contributed by atoms with Crippen molar-refractivity contribution in [2.24, 2.45) is 5.92 Å². The number of allylic oxidation sites excluding steroid dienone is 1. The van der Waals surface area contributed by atoms with Crippen molar-refractivity contribution in [2.45, 2.75) is 45.3 Å². The Morgan fingerprint density at radius 2 is 2.00 bits per heavy atom. The molecule has 106 valence electrons. The molecule has 3 N–H and O–H groups in total. The van der Waals surface area contributed by atoms with Crippen LogP contribution in [0.1, 0.15) is 33.6 Å². The van der Waals surface area contributed by atoms with Crippen LogP contribution < -0.4 is 5.32 Å². The van der Waals surface area contributed by atoms with E-state index < -0.39 is 17.7 Å². The Kier molecular flexibility index (Phi) is 7.62. The van der Waals surface area contributed by atoms with E-state index in [2.05, 4.69) is 11.9 Å². The molecule has 0 saturated carbocycles. The molecule has 5 nitrogen and oxygen atoms in total. The van der Waals surface area contributed by atoms with E-state index in [-0.39, 0.29) is 19.1 Å². The Bertz CT molecular complexity index is 260. The van der Waals surface area contributed by atoms with Gasteiger partial charge in [0.25, 0.3) is 0 Å². The van der Waals surface area contributed by atoms with E-state index in [1.807, 2.05) is 0 Å². The van der Waals surface area contributed by atoms with Crippen LogP contribution in [0.4, 0.5) is 4.79 Å². The summed E-state index contributed by atoms with van der Waals surface area (Å²) in [6.07, 6.45) is 2.28. The van der Waals surface area contributed by atoms with Crippen LogP contribution in [0, 0.1) is 5.92 Å². The molecule has 0 heterocycles. The van der Waals surface area contributed by atoms with Crippen LogP contribution in [0.3, 0.4) is 0 Å². The maximum absolute atomic E-state index is 11.5. The van der Waals surface area contributed by atoms with E-state index in [4.69, 9.17) is 9.84 Å². The summed E-state index contributed by atoms with van der Waals surface area (Å²) < 4.78 is 5.10. The van der Waals surface area contributed by atoms with Crippen LogP contribution in [0.2, 0.25) is 0 Å². The van der Waals surface area contributed by atoms with E-state index in [0.29, 0.717) is 12.8 Å². The van der Waals surface area contributed by atoms with Gasteiger partial charge in [0.15, 0.2) is 0 Å². The maximum Gasteiger partial charge on any atom is 0.407 e. The average Bonchev–Trinajstić information content (AvgIpc) is 2.24. The Morgan fingerprint density at radius 3 is 2.39 bits per heavy atom. The van der Waals surface area contributed by atoms with E-state index in [1.54, 1.807) is 26.8 Å². The zero-order chi connectivity index (χ0) is 14.2. The zero-order valence-corrected chi connectivity index (χ0v) is 11.5. The molecule has 0 aromatic carbocycles. The zero-order valence-electron chi connectivity index (χ0n) is 11.5. The third kappa shape index (κ3) is 8.08. The molecular weight excluding hydrogens is 234 g/mol. The molecule has 0 aromatic heterocycles. The Balaban J connectivity index is 4.25. The molecule has 0 radical (unpaired) electrons. The summed E-state index contributed by atoms with van der Waals surface area (Å²) in [7, 11) is 0. The van der Waals surface area contributed by atoms with Crippen molar-refractivity contribution in [2.75, 3.05) is 13.2 Å². The smallest absolute Gasteiger partial charge is 0.407 e. The number of amides is 1. The summed E-state index contributed by atoms with van der Waals surface area (Å²) in [5.41, 5.74) is -0.568. The highest BCUT2D eigenvalue weighted by molar-refractivity contribution is 5.68. The van der Waals surface area contributed by atoms with Gasteiger partial charge in [-0.25, -0.2) is 4.79 Å². The number of rotatable bonds is 7. The van der Waals surface area contributed by atoms with E-state index in [9.17, 15) is 9.90 Å². The molecular formula is C13H25NO4. The minimum absolute atomic E-state index is 0.00147. The van der Waals surface area contributed by atoms with E-state index in [1.165, 1.54) is 0 Å². The molecule has 0 aromatic rings. The lowest BCUT2D eigenvalue weighted by molar-refractivity contribution is 0.0466. The summed E-state index contributed by atoms with van der Waals surface area (Å²) in [5.74, 6) is -0.0189. The van der Waals surface area contributed by atoms with Crippen molar-refractivity contribution in [3.63, 3.8) is 0 Å². The van der Waals surface area contributed by atoms with Crippen LogP contribution in [0.25, 0.3) is 0 Å². The highest BCUT2D eigenvalue weighted by Gasteiger charge is 2.21. The van der Waals surface area contributed by atoms with Gasteiger partial charge in [-0.2, -0.15) is 0 Å². The standard InChI is InChI=1S/C13H25NO4/c1-5-6-10(8-15)7-11(9-16)14-12(17)18-13(2,3)4/h5,10-11,15-16H,1,6-9H2,2-4H3,(H,14,17)/t10?,11-/m0/s1. The van der Waals surface area contributed by atoms with Crippen LogP contribution in [-0.4, -0.2) is 41.2 Å². The highest BCUT2D eigenvalue weighted by Crippen LogP contribution is 2.12. The van der Waals surface area contributed by atoms with Gasteiger partial charge in [0, 0.05) is 6.61 Å². The summed E-state index contributed by atoms with van der Waals surface area (Å²) in [4.78, 5) is 11.5. The lowest BCUT2D eigenvalue weighted by Crippen LogP contribution is -2.42. The number of alkyl carbamates (subject to hydrolysis) is 1. The van der Waals surface area contributed by atoms with Gasteiger partial charge in [-0.05, 0) is 39.5 Å². The largest absolute Gasteiger partial charge is 0.444 e. The van der Waals surface area contributed by atoms with Crippen LogP contribution >= 0.6 is 0 Å². The number of carbonyl (C=O) groups is 1. The molecule has 5 heteroatoms. The molecule has 1 unspecified atom stereocenters. The van der Waals surface area contributed by atoms with Gasteiger partial charge in [-0.3, -0.25) is 0 Å². The quantitative estimate of drug-likeness (QED) is 0.605. The molecule has 2 atom stereocenters. The van der Waals surface area contributed by atoms with E-state index in [0.717, 1.165) is 0 Å². The van der Waals surface area contributed by atoms with Crippen LogP contribution in [-0.2, 0) is 4.74 Å². The summed E-state index contributed by atoms with van der Waals surface area (Å²) >= 11 is 0. The molecule has 0 aliphatic heterocycles. The Morgan fingerprint density at radius 1 is 1.39 bits per heavy atom. The first-order valence-electron chi connectivity index (χ1n) is 6.14. The fourth-order valence-electron chi connectivity index (χ4n) is 1.54. The van der Waals surface area contributed by atoms with Gasteiger partial charge < -0.3 is 20.3 Å². The minimum atomic E-state index is -0.568. The number of carbonyl (C=O) groups excluding carboxylic acids is 1. The monoisotopic (exact) mass is 259 g/mol. The SMILES string of the molecule is C=CCC(CO)C[C@@H](CO)NC(=O)OC(C)(C)C. The number of aliphatic hydroxyl groups is 2. The Labute approximate surface area is 109 Å². The van der Waals surface area contributed by atoms with Crippen molar-refractivity contribution < 1.29 is 19.7 Å². The van der Waals surface area contributed by atoms with Gasteiger partial charge >= 0.3 is 6.09 Å². The molecule has 0 rings (SSSR count). The molecule has 0 spiro atoms. The van der Waals surface area contributed by atoms with Crippen molar-refractivity contribution in [3.8, 4) is 0 Å². The van der Waals surface area contributed by atoms with Crippen LogP contribution in [0.5, 0.6) is 0 Å². The summed E-state index contributed by atoms with van der Waals surface area (Å²) in [5, 5.41) is 20.9. The predicted octanol–water partition coefficient (Wildman–Crippen LogP) is 1.45. The topological polar surface area (TPSA) is 78.8 Å². The molecule has 1 amide bonds. The molecule has 0 saturated heterocycles. The van der Waals surface area contributed by atoms with Gasteiger partial charge in [0.05, 0.1) is 12.6 Å². The third-order valence-electron chi connectivity index (χ3n) is 2.32. The molecule has 0 fully saturated rings. The van der Waals surface area contributed by atoms with Crippen molar-refractivity contribution >= 4 is 6.09 Å². The van der Waals surface area contributed by atoms with Crippen molar-refractivity contribution in [3.05, 3.63) is 12.7 Å². The summed E-state index contributed by atoms with van der Waals surface area (Å²) in [6.45, 7) is 8.73. The maximum atomic E-state index is 11.5. The van der Waals surface area contributed by atoms with Crippen LogP contribution in [0.15, 0.2) is 12.7 Å². The van der Waals surface area contributed by atoms with Gasteiger partial charge in [-0.1, -0.05) is 6.08 Å². The van der Waals surface area contributed by atoms with E-state index >= 15 is 0 Å². The first-order valence-corrected chi connectivity index (χ1v) is 6.14.